The van der Waals surface area contributed by atoms with Crippen molar-refractivity contribution in [3.63, 3.8) is 0 Å². The second-order valence-corrected chi connectivity index (χ2v) is 5.72. The van der Waals surface area contributed by atoms with Crippen LogP contribution in [0.15, 0.2) is 0 Å². The molecular formula is C14H28N2O2. The van der Waals surface area contributed by atoms with Crippen LogP contribution in [0.25, 0.3) is 0 Å². The van der Waals surface area contributed by atoms with Gasteiger partial charge in [-0.2, -0.15) is 0 Å². The summed E-state index contributed by atoms with van der Waals surface area (Å²) >= 11 is 0. The fourth-order valence-electron chi connectivity index (χ4n) is 3.18. The van der Waals surface area contributed by atoms with E-state index in [0.717, 1.165) is 38.6 Å². The Morgan fingerprint density at radius 3 is 2.67 bits per heavy atom. The minimum absolute atomic E-state index is 0.391. The molecular weight excluding hydrogens is 228 g/mol. The van der Waals surface area contributed by atoms with Crippen LogP contribution in [0.2, 0.25) is 0 Å². The SMILES string of the molecule is CCCN(C(C)C)C1CCCC(NC)(C(=O)O)C1. The van der Waals surface area contributed by atoms with Crippen LogP contribution in [0.4, 0.5) is 0 Å². The van der Waals surface area contributed by atoms with Crippen molar-refractivity contribution in [2.75, 3.05) is 13.6 Å². The molecule has 0 aromatic rings. The Hall–Kier alpha value is -0.610. The number of aliphatic carboxylic acids is 1. The molecule has 106 valence electrons. The fourth-order valence-corrected chi connectivity index (χ4v) is 3.18. The average Bonchev–Trinajstić information content (AvgIpc) is 2.35. The first-order valence-corrected chi connectivity index (χ1v) is 7.15. The maximum absolute atomic E-state index is 11.5. The summed E-state index contributed by atoms with van der Waals surface area (Å²) < 4.78 is 0. The molecule has 0 amide bonds. The minimum Gasteiger partial charge on any atom is -0.480 e. The van der Waals surface area contributed by atoms with Gasteiger partial charge < -0.3 is 10.4 Å². The Labute approximate surface area is 111 Å². The molecule has 1 saturated carbocycles. The lowest BCUT2D eigenvalue weighted by atomic mass is 9.78. The van der Waals surface area contributed by atoms with Crippen molar-refractivity contribution in [3.8, 4) is 0 Å². The lowest BCUT2D eigenvalue weighted by Crippen LogP contribution is -2.58. The zero-order chi connectivity index (χ0) is 13.8. The van der Waals surface area contributed by atoms with E-state index in [9.17, 15) is 9.90 Å². The van der Waals surface area contributed by atoms with Gasteiger partial charge in [0.25, 0.3) is 0 Å². The highest BCUT2D eigenvalue weighted by atomic mass is 16.4. The first-order valence-electron chi connectivity index (χ1n) is 7.15. The van der Waals surface area contributed by atoms with E-state index < -0.39 is 11.5 Å². The monoisotopic (exact) mass is 256 g/mol. The second kappa shape index (κ2) is 6.53. The van der Waals surface area contributed by atoms with Crippen molar-refractivity contribution >= 4 is 5.97 Å². The first kappa shape index (κ1) is 15.4. The third-order valence-corrected chi connectivity index (χ3v) is 4.23. The quantitative estimate of drug-likeness (QED) is 0.764. The van der Waals surface area contributed by atoms with E-state index >= 15 is 0 Å². The molecule has 1 fully saturated rings. The van der Waals surface area contributed by atoms with Crippen molar-refractivity contribution in [1.82, 2.24) is 10.2 Å². The Morgan fingerprint density at radius 1 is 1.56 bits per heavy atom. The molecule has 0 aromatic heterocycles. The van der Waals surface area contributed by atoms with E-state index in [1.54, 1.807) is 7.05 Å². The summed E-state index contributed by atoms with van der Waals surface area (Å²) in [6, 6.07) is 0.874. The number of likely N-dealkylation sites (N-methyl/N-ethyl adjacent to an activating group) is 1. The molecule has 2 atom stereocenters. The van der Waals surface area contributed by atoms with Crippen molar-refractivity contribution in [2.24, 2.45) is 0 Å². The van der Waals surface area contributed by atoms with Crippen LogP contribution >= 0.6 is 0 Å². The summed E-state index contributed by atoms with van der Waals surface area (Å²) in [5.74, 6) is -0.699. The number of nitrogens with one attached hydrogen (secondary N) is 1. The fraction of sp³-hybridized carbons (Fsp3) is 0.929. The molecule has 1 aliphatic rings. The van der Waals surface area contributed by atoms with Crippen LogP contribution in [0.5, 0.6) is 0 Å². The van der Waals surface area contributed by atoms with Gasteiger partial charge in [-0.25, -0.2) is 0 Å². The number of hydrogen-bond donors (Lipinski definition) is 2. The van der Waals surface area contributed by atoms with Gasteiger partial charge in [0.05, 0.1) is 0 Å². The molecule has 0 saturated heterocycles. The minimum atomic E-state index is -0.718. The van der Waals surface area contributed by atoms with Gasteiger partial charge in [0.15, 0.2) is 0 Å². The summed E-state index contributed by atoms with van der Waals surface area (Å²) in [5, 5.41) is 12.5. The number of hydrogen-bond acceptors (Lipinski definition) is 3. The first-order chi connectivity index (χ1) is 8.46. The normalized spacial score (nSPS) is 28.9. The Bertz CT molecular complexity index is 281. The summed E-state index contributed by atoms with van der Waals surface area (Å²) in [5.41, 5.74) is -0.718. The smallest absolute Gasteiger partial charge is 0.323 e. The molecule has 0 aromatic carbocycles. The van der Waals surface area contributed by atoms with Gasteiger partial charge in [-0.15, -0.1) is 0 Å². The largest absolute Gasteiger partial charge is 0.480 e. The van der Waals surface area contributed by atoms with Gasteiger partial charge in [-0.3, -0.25) is 9.69 Å². The zero-order valence-electron chi connectivity index (χ0n) is 12.2. The van der Waals surface area contributed by atoms with Gasteiger partial charge >= 0.3 is 5.97 Å². The summed E-state index contributed by atoms with van der Waals surface area (Å²) in [6.45, 7) is 7.64. The predicted octanol–water partition coefficient (Wildman–Crippen LogP) is 2.09. The summed E-state index contributed by atoms with van der Waals surface area (Å²) in [4.78, 5) is 14.0. The highest BCUT2D eigenvalue weighted by Crippen LogP contribution is 2.32. The van der Waals surface area contributed by atoms with Crippen molar-refractivity contribution in [2.45, 2.75) is 70.5 Å². The average molecular weight is 256 g/mol. The molecule has 0 radical (unpaired) electrons. The molecule has 2 unspecified atom stereocenters. The van der Waals surface area contributed by atoms with Gasteiger partial charge in [-0.05, 0) is 59.5 Å². The van der Waals surface area contributed by atoms with Crippen molar-refractivity contribution in [3.05, 3.63) is 0 Å². The van der Waals surface area contributed by atoms with E-state index in [-0.39, 0.29) is 0 Å². The highest BCUT2D eigenvalue weighted by Gasteiger charge is 2.43. The Balaban J connectivity index is 2.81. The van der Waals surface area contributed by atoms with Crippen LogP contribution in [0, 0.1) is 0 Å². The van der Waals surface area contributed by atoms with Gasteiger partial charge in [-0.1, -0.05) is 6.92 Å². The molecule has 1 aliphatic carbocycles. The summed E-state index contributed by atoms with van der Waals surface area (Å²) in [6.07, 6.45) is 4.69. The lowest BCUT2D eigenvalue weighted by Gasteiger charge is -2.44. The van der Waals surface area contributed by atoms with Crippen LogP contribution in [-0.4, -0.2) is 47.2 Å². The zero-order valence-corrected chi connectivity index (χ0v) is 12.2. The van der Waals surface area contributed by atoms with E-state index in [2.05, 4.69) is 31.0 Å². The van der Waals surface area contributed by atoms with E-state index in [0.29, 0.717) is 12.1 Å². The van der Waals surface area contributed by atoms with Crippen molar-refractivity contribution < 1.29 is 9.90 Å². The lowest BCUT2D eigenvalue weighted by molar-refractivity contribution is -0.147. The van der Waals surface area contributed by atoms with Gasteiger partial charge in [0.1, 0.15) is 5.54 Å². The maximum atomic E-state index is 11.5. The Kier molecular flexibility index (Phi) is 5.60. The Morgan fingerprint density at radius 2 is 2.22 bits per heavy atom. The molecule has 0 bridgehead atoms. The van der Waals surface area contributed by atoms with Crippen molar-refractivity contribution in [1.29, 1.82) is 0 Å². The molecule has 1 rings (SSSR count). The van der Waals surface area contributed by atoms with Crippen LogP contribution in [0.1, 0.15) is 52.9 Å². The van der Waals surface area contributed by atoms with Crippen LogP contribution in [0.3, 0.4) is 0 Å². The van der Waals surface area contributed by atoms with Gasteiger partial charge in [0.2, 0.25) is 0 Å². The molecule has 0 spiro atoms. The van der Waals surface area contributed by atoms with E-state index in [4.69, 9.17) is 0 Å². The third-order valence-electron chi connectivity index (χ3n) is 4.23. The second-order valence-electron chi connectivity index (χ2n) is 5.72. The topological polar surface area (TPSA) is 52.6 Å². The maximum Gasteiger partial charge on any atom is 0.323 e. The molecule has 0 heterocycles. The van der Waals surface area contributed by atoms with Crippen LogP contribution in [-0.2, 0) is 4.79 Å². The molecule has 18 heavy (non-hydrogen) atoms. The summed E-state index contributed by atoms with van der Waals surface area (Å²) in [7, 11) is 1.77. The number of carboxylic acids is 1. The standard InChI is InChI=1S/C14H28N2O2/c1-5-9-16(11(2)3)12-7-6-8-14(10-12,15-4)13(17)18/h11-12,15H,5-10H2,1-4H3,(H,17,18). The molecule has 4 nitrogen and oxygen atoms in total. The van der Waals surface area contributed by atoms with Gasteiger partial charge in [0, 0.05) is 12.1 Å². The molecule has 2 N–H and O–H groups in total. The third kappa shape index (κ3) is 3.23. The number of carbonyl (C=O) groups is 1. The van der Waals surface area contributed by atoms with Crippen LogP contribution < -0.4 is 5.32 Å². The number of carboxylic acid groups (broad SMARTS) is 1. The van der Waals surface area contributed by atoms with E-state index in [1.165, 1.54) is 0 Å². The number of nitrogens with zero attached hydrogens (tertiary/aromatic N) is 1. The molecule has 0 aliphatic heterocycles. The van der Waals surface area contributed by atoms with E-state index in [1.807, 2.05) is 0 Å². The highest BCUT2D eigenvalue weighted by molar-refractivity contribution is 5.79. The number of rotatable bonds is 6. The molecule has 4 heteroatoms. The predicted molar refractivity (Wildman–Crippen MR) is 73.8 cm³/mol.